The van der Waals surface area contributed by atoms with E-state index >= 15 is 0 Å². The number of nitrogens with zero attached hydrogens (tertiary/aromatic N) is 3. The van der Waals surface area contributed by atoms with Crippen molar-refractivity contribution in [2.75, 3.05) is 37.6 Å². The van der Waals surface area contributed by atoms with Crippen molar-refractivity contribution in [3.05, 3.63) is 29.8 Å². The minimum Gasteiger partial charge on any atom is -0.370 e. The number of nitriles is 1. The van der Waals surface area contributed by atoms with Crippen molar-refractivity contribution < 1.29 is 0 Å². The Labute approximate surface area is 134 Å². The molecule has 1 aromatic rings. The fraction of sp³-hybridized carbons (Fsp3) is 0.632. The Morgan fingerprint density at radius 1 is 0.909 bits per heavy atom. The maximum atomic E-state index is 8.90. The quantitative estimate of drug-likeness (QED) is 0.853. The highest BCUT2D eigenvalue weighted by Crippen LogP contribution is 2.25. The fourth-order valence-electron chi connectivity index (χ4n) is 3.89. The van der Waals surface area contributed by atoms with Crippen LogP contribution in [0.15, 0.2) is 24.3 Å². The molecule has 2 fully saturated rings. The van der Waals surface area contributed by atoms with E-state index in [2.05, 4.69) is 28.0 Å². The van der Waals surface area contributed by atoms with Gasteiger partial charge >= 0.3 is 0 Å². The first-order valence-electron chi connectivity index (χ1n) is 8.82. The van der Waals surface area contributed by atoms with Gasteiger partial charge in [-0.1, -0.05) is 19.3 Å². The summed E-state index contributed by atoms with van der Waals surface area (Å²) < 4.78 is 0. The van der Waals surface area contributed by atoms with Gasteiger partial charge in [0.15, 0.2) is 0 Å². The molecule has 0 spiro atoms. The summed E-state index contributed by atoms with van der Waals surface area (Å²) in [5, 5.41) is 8.90. The van der Waals surface area contributed by atoms with Gasteiger partial charge in [-0.15, -0.1) is 0 Å². The van der Waals surface area contributed by atoms with Gasteiger partial charge in [-0.25, -0.2) is 0 Å². The highest BCUT2D eigenvalue weighted by atomic mass is 15.2. The van der Waals surface area contributed by atoms with E-state index in [1.807, 2.05) is 12.1 Å². The normalized spacial score (nSPS) is 21.3. The summed E-state index contributed by atoms with van der Waals surface area (Å²) in [7, 11) is 0. The molecule has 0 bridgehead atoms. The molecule has 1 saturated carbocycles. The average molecular weight is 297 g/mol. The van der Waals surface area contributed by atoms with E-state index in [1.165, 1.54) is 63.8 Å². The molecule has 3 nitrogen and oxygen atoms in total. The fourth-order valence-corrected chi connectivity index (χ4v) is 3.89. The monoisotopic (exact) mass is 297 g/mol. The highest BCUT2D eigenvalue weighted by Gasteiger charge is 2.20. The predicted octanol–water partition coefficient (Wildman–Crippen LogP) is 3.65. The Hall–Kier alpha value is -1.53. The molecule has 1 aromatic carbocycles. The molecule has 0 unspecified atom stereocenters. The molecule has 0 N–H and O–H groups in total. The van der Waals surface area contributed by atoms with Crippen molar-refractivity contribution in [3.8, 4) is 6.07 Å². The molecule has 1 aliphatic carbocycles. The largest absolute Gasteiger partial charge is 0.370 e. The van der Waals surface area contributed by atoms with Crippen molar-refractivity contribution in [3.63, 3.8) is 0 Å². The first kappa shape index (κ1) is 15.4. The molecule has 2 aliphatic rings. The molecule has 3 heteroatoms. The predicted molar refractivity (Wildman–Crippen MR) is 91.0 cm³/mol. The van der Waals surface area contributed by atoms with Crippen molar-refractivity contribution in [1.82, 2.24) is 4.90 Å². The molecule has 3 rings (SSSR count). The number of anilines is 1. The van der Waals surface area contributed by atoms with E-state index in [0.29, 0.717) is 0 Å². The summed E-state index contributed by atoms with van der Waals surface area (Å²) in [5.74, 6) is 0.940. The number of rotatable bonds is 3. The van der Waals surface area contributed by atoms with Gasteiger partial charge in [-0.3, -0.25) is 0 Å². The maximum Gasteiger partial charge on any atom is 0.0991 e. The van der Waals surface area contributed by atoms with Gasteiger partial charge in [-0.2, -0.15) is 5.26 Å². The zero-order chi connectivity index (χ0) is 15.2. The Bertz CT molecular complexity index is 496. The lowest BCUT2D eigenvalue weighted by Crippen LogP contribution is -2.34. The molecule has 1 heterocycles. The third-order valence-electron chi connectivity index (χ3n) is 5.19. The molecule has 22 heavy (non-hydrogen) atoms. The molecule has 1 aliphatic heterocycles. The summed E-state index contributed by atoms with van der Waals surface area (Å²) in [6, 6.07) is 10.2. The lowest BCUT2D eigenvalue weighted by molar-refractivity contribution is 0.211. The average Bonchev–Trinajstić information content (AvgIpc) is 2.82. The first-order chi connectivity index (χ1) is 10.8. The maximum absolute atomic E-state index is 8.90. The van der Waals surface area contributed by atoms with Crippen LogP contribution in [-0.4, -0.2) is 37.6 Å². The van der Waals surface area contributed by atoms with Gasteiger partial charge < -0.3 is 9.80 Å². The van der Waals surface area contributed by atoms with Gasteiger partial charge in [0.1, 0.15) is 0 Å². The zero-order valence-corrected chi connectivity index (χ0v) is 13.5. The van der Waals surface area contributed by atoms with Gasteiger partial charge in [0.2, 0.25) is 0 Å². The minimum absolute atomic E-state index is 0.748. The van der Waals surface area contributed by atoms with Crippen LogP contribution in [0.1, 0.15) is 44.1 Å². The third kappa shape index (κ3) is 4.01. The van der Waals surface area contributed by atoms with E-state index in [-0.39, 0.29) is 0 Å². The van der Waals surface area contributed by atoms with Gasteiger partial charge in [0.25, 0.3) is 0 Å². The molecule has 0 radical (unpaired) electrons. The van der Waals surface area contributed by atoms with Crippen LogP contribution >= 0.6 is 0 Å². The second-order valence-electron chi connectivity index (χ2n) is 6.80. The summed E-state index contributed by atoms with van der Waals surface area (Å²) >= 11 is 0. The van der Waals surface area contributed by atoms with E-state index in [4.69, 9.17) is 5.26 Å². The highest BCUT2D eigenvalue weighted by molar-refractivity contribution is 5.49. The van der Waals surface area contributed by atoms with Crippen LogP contribution in [0, 0.1) is 17.2 Å². The molecule has 0 amide bonds. The topological polar surface area (TPSA) is 30.3 Å². The second-order valence-corrected chi connectivity index (χ2v) is 6.80. The second kappa shape index (κ2) is 7.65. The molecule has 0 atom stereocenters. The standard InChI is InChI=1S/C19H27N3/c20-15-17-7-9-19(10-8-17)22-12-4-11-21(13-14-22)16-18-5-2-1-3-6-18/h7-10,18H,1-6,11-14,16H2. The smallest absolute Gasteiger partial charge is 0.0991 e. The first-order valence-corrected chi connectivity index (χ1v) is 8.82. The number of hydrogen-bond donors (Lipinski definition) is 0. The molecular weight excluding hydrogens is 270 g/mol. The summed E-state index contributed by atoms with van der Waals surface area (Å²) in [5.41, 5.74) is 2.01. The zero-order valence-electron chi connectivity index (χ0n) is 13.5. The summed E-state index contributed by atoms with van der Waals surface area (Å²) in [6.07, 6.45) is 8.45. The van der Waals surface area contributed by atoms with Crippen LogP contribution in [0.5, 0.6) is 0 Å². The van der Waals surface area contributed by atoms with Crippen LogP contribution in [0.4, 0.5) is 5.69 Å². The van der Waals surface area contributed by atoms with E-state index in [0.717, 1.165) is 24.6 Å². The lowest BCUT2D eigenvalue weighted by atomic mass is 9.89. The van der Waals surface area contributed by atoms with Crippen molar-refractivity contribution in [2.45, 2.75) is 38.5 Å². The minimum atomic E-state index is 0.748. The van der Waals surface area contributed by atoms with Crippen LogP contribution in [-0.2, 0) is 0 Å². The van der Waals surface area contributed by atoms with Gasteiger partial charge in [0, 0.05) is 31.9 Å². The van der Waals surface area contributed by atoms with E-state index in [9.17, 15) is 0 Å². The van der Waals surface area contributed by atoms with Crippen LogP contribution in [0.25, 0.3) is 0 Å². The SMILES string of the molecule is N#Cc1ccc(N2CCCN(CC3CCCCC3)CC2)cc1. The third-order valence-corrected chi connectivity index (χ3v) is 5.19. The Morgan fingerprint density at radius 2 is 1.68 bits per heavy atom. The Morgan fingerprint density at radius 3 is 2.41 bits per heavy atom. The molecule has 118 valence electrons. The molecular formula is C19H27N3. The van der Waals surface area contributed by atoms with Crippen LogP contribution in [0.3, 0.4) is 0 Å². The van der Waals surface area contributed by atoms with Crippen molar-refractivity contribution >= 4 is 5.69 Å². The van der Waals surface area contributed by atoms with E-state index < -0.39 is 0 Å². The van der Waals surface area contributed by atoms with Gasteiger partial charge in [-0.05, 0) is 56.0 Å². The summed E-state index contributed by atoms with van der Waals surface area (Å²) in [6.45, 7) is 5.96. The molecule has 1 saturated heterocycles. The lowest BCUT2D eigenvalue weighted by Gasteiger charge is -2.29. The van der Waals surface area contributed by atoms with Gasteiger partial charge in [0.05, 0.1) is 11.6 Å². The van der Waals surface area contributed by atoms with Crippen molar-refractivity contribution in [2.24, 2.45) is 5.92 Å². The Kier molecular flexibility index (Phi) is 5.34. The number of benzene rings is 1. The molecule has 0 aromatic heterocycles. The van der Waals surface area contributed by atoms with Crippen molar-refractivity contribution in [1.29, 1.82) is 5.26 Å². The Balaban J connectivity index is 1.53. The van der Waals surface area contributed by atoms with E-state index in [1.54, 1.807) is 0 Å². The summed E-state index contributed by atoms with van der Waals surface area (Å²) in [4.78, 5) is 5.15. The van der Waals surface area contributed by atoms with Crippen LogP contribution < -0.4 is 4.90 Å². The van der Waals surface area contributed by atoms with Crippen LogP contribution in [0.2, 0.25) is 0 Å². The number of hydrogen-bond acceptors (Lipinski definition) is 3.